The van der Waals surface area contributed by atoms with Crippen LogP contribution in [0.2, 0.25) is 0 Å². The van der Waals surface area contributed by atoms with Crippen molar-refractivity contribution in [2.24, 2.45) is 11.7 Å². The van der Waals surface area contributed by atoms with Crippen LogP contribution in [0.1, 0.15) is 52.9 Å². The first-order chi connectivity index (χ1) is 9.04. The molecule has 0 bridgehead atoms. The Morgan fingerprint density at radius 1 is 1.16 bits per heavy atom. The molecule has 1 rings (SSSR count). The maximum atomic E-state index is 12.3. The van der Waals surface area contributed by atoms with Crippen LogP contribution in [0.25, 0.3) is 0 Å². The number of carbonyl (C=O) groups is 1. The van der Waals surface area contributed by atoms with Crippen LogP contribution in [0.4, 0.5) is 0 Å². The minimum atomic E-state index is -0.0284. The van der Waals surface area contributed by atoms with Gasteiger partial charge < -0.3 is 11.1 Å². The first-order valence-electron chi connectivity index (χ1n) is 7.79. The normalized spacial score (nSPS) is 20.9. The van der Waals surface area contributed by atoms with Crippen molar-refractivity contribution < 1.29 is 4.79 Å². The van der Waals surface area contributed by atoms with Gasteiger partial charge in [0, 0.05) is 12.6 Å². The van der Waals surface area contributed by atoms with Gasteiger partial charge in [0.2, 0.25) is 5.91 Å². The summed E-state index contributed by atoms with van der Waals surface area (Å²) >= 11 is 0. The molecule has 0 spiro atoms. The molecule has 1 heterocycles. The Hall–Kier alpha value is -0.610. The molecular weight excluding hydrogens is 238 g/mol. The topological polar surface area (TPSA) is 58.4 Å². The van der Waals surface area contributed by atoms with E-state index in [1.165, 1.54) is 25.7 Å². The van der Waals surface area contributed by atoms with E-state index < -0.39 is 0 Å². The fourth-order valence-electron chi connectivity index (χ4n) is 2.75. The average Bonchev–Trinajstić information content (AvgIpc) is 2.65. The van der Waals surface area contributed by atoms with Crippen molar-refractivity contribution in [3.63, 3.8) is 0 Å². The van der Waals surface area contributed by atoms with E-state index in [0.717, 1.165) is 19.5 Å². The number of rotatable bonds is 6. The standard InChI is InChI=1S/C15H31N3O/c1-12(2)10-14(11-16)17-15(19)13(3)18-8-6-4-5-7-9-18/h12-14H,4-11,16H2,1-3H3,(H,17,19). The summed E-state index contributed by atoms with van der Waals surface area (Å²) in [5, 5.41) is 3.11. The number of hydrogen-bond donors (Lipinski definition) is 2. The molecule has 0 aromatic heterocycles. The quantitative estimate of drug-likeness (QED) is 0.772. The summed E-state index contributed by atoms with van der Waals surface area (Å²) in [6.07, 6.45) is 5.97. The van der Waals surface area contributed by atoms with Gasteiger partial charge in [0.05, 0.1) is 6.04 Å². The van der Waals surface area contributed by atoms with Gasteiger partial charge in [0.25, 0.3) is 0 Å². The van der Waals surface area contributed by atoms with Gasteiger partial charge in [-0.3, -0.25) is 9.69 Å². The van der Waals surface area contributed by atoms with Gasteiger partial charge in [-0.1, -0.05) is 26.7 Å². The lowest BCUT2D eigenvalue weighted by atomic mass is 10.0. The molecule has 19 heavy (non-hydrogen) atoms. The van der Waals surface area contributed by atoms with Crippen LogP contribution < -0.4 is 11.1 Å². The zero-order chi connectivity index (χ0) is 14.3. The highest BCUT2D eigenvalue weighted by atomic mass is 16.2. The number of amides is 1. The molecule has 1 aliphatic rings. The van der Waals surface area contributed by atoms with E-state index in [9.17, 15) is 4.79 Å². The molecule has 1 aliphatic heterocycles. The Labute approximate surface area is 118 Å². The van der Waals surface area contributed by atoms with Crippen LogP contribution in [0.3, 0.4) is 0 Å². The fourth-order valence-corrected chi connectivity index (χ4v) is 2.75. The summed E-state index contributed by atoms with van der Waals surface area (Å²) in [5.74, 6) is 0.695. The monoisotopic (exact) mass is 269 g/mol. The van der Waals surface area contributed by atoms with Gasteiger partial charge in [-0.25, -0.2) is 0 Å². The van der Waals surface area contributed by atoms with E-state index in [4.69, 9.17) is 5.73 Å². The first-order valence-corrected chi connectivity index (χ1v) is 7.79. The fraction of sp³-hybridized carbons (Fsp3) is 0.933. The van der Waals surface area contributed by atoms with E-state index in [1.807, 2.05) is 6.92 Å². The molecule has 4 nitrogen and oxygen atoms in total. The predicted molar refractivity (Wildman–Crippen MR) is 79.9 cm³/mol. The summed E-state index contributed by atoms with van der Waals surface area (Å²) in [7, 11) is 0. The third kappa shape index (κ3) is 5.91. The Balaban J connectivity index is 2.45. The summed E-state index contributed by atoms with van der Waals surface area (Å²) in [6.45, 7) is 8.96. The molecule has 4 heteroatoms. The Bertz CT molecular complexity index is 260. The van der Waals surface area contributed by atoms with Crippen LogP contribution in [-0.2, 0) is 4.79 Å². The summed E-state index contributed by atoms with van der Waals surface area (Å²) in [6, 6.07) is 0.0845. The van der Waals surface area contributed by atoms with Crippen molar-refractivity contribution in [2.45, 2.75) is 65.0 Å². The number of likely N-dealkylation sites (tertiary alicyclic amines) is 1. The van der Waals surface area contributed by atoms with Gasteiger partial charge in [-0.15, -0.1) is 0 Å². The highest BCUT2D eigenvalue weighted by molar-refractivity contribution is 5.81. The highest BCUT2D eigenvalue weighted by Gasteiger charge is 2.23. The third-order valence-electron chi connectivity index (χ3n) is 3.95. The molecule has 112 valence electrons. The zero-order valence-corrected chi connectivity index (χ0v) is 12.8. The van der Waals surface area contributed by atoms with Crippen molar-refractivity contribution in [3.05, 3.63) is 0 Å². The molecule has 0 radical (unpaired) electrons. The number of nitrogens with zero attached hydrogens (tertiary/aromatic N) is 1. The number of carbonyl (C=O) groups excluding carboxylic acids is 1. The largest absolute Gasteiger partial charge is 0.351 e. The smallest absolute Gasteiger partial charge is 0.237 e. The number of nitrogens with one attached hydrogen (secondary N) is 1. The Kier molecular flexibility index (Phi) is 7.39. The van der Waals surface area contributed by atoms with Crippen molar-refractivity contribution >= 4 is 5.91 Å². The van der Waals surface area contributed by atoms with E-state index in [1.54, 1.807) is 0 Å². The van der Waals surface area contributed by atoms with Crippen molar-refractivity contribution in [3.8, 4) is 0 Å². The minimum Gasteiger partial charge on any atom is -0.351 e. The molecule has 0 saturated carbocycles. The van der Waals surface area contributed by atoms with Gasteiger partial charge in [0.1, 0.15) is 0 Å². The molecule has 2 atom stereocenters. The van der Waals surface area contributed by atoms with Crippen molar-refractivity contribution in [1.82, 2.24) is 10.2 Å². The summed E-state index contributed by atoms with van der Waals surface area (Å²) < 4.78 is 0. The molecular formula is C15H31N3O. The maximum Gasteiger partial charge on any atom is 0.237 e. The van der Waals surface area contributed by atoms with Gasteiger partial charge in [-0.2, -0.15) is 0 Å². The molecule has 0 aliphatic carbocycles. The molecule has 0 aromatic rings. The number of nitrogens with two attached hydrogens (primary N) is 1. The van der Waals surface area contributed by atoms with Crippen LogP contribution in [0, 0.1) is 5.92 Å². The zero-order valence-electron chi connectivity index (χ0n) is 12.8. The van der Waals surface area contributed by atoms with E-state index >= 15 is 0 Å². The molecule has 3 N–H and O–H groups in total. The minimum absolute atomic E-state index is 0.0284. The molecule has 1 amide bonds. The van der Waals surface area contributed by atoms with Crippen LogP contribution in [0.5, 0.6) is 0 Å². The predicted octanol–water partition coefficient (Wildman–Crippen LogP) is 1.74. The molecule has 1 saturated heterocycles. The summed E-state index contributed by atoms with van der Waals surface area (Å²) in [4.78, 5) is 14.6. The first kappa shape index (κ1) is 16.4. The average molecular weight is 269 g/mol. The Morgan fingerprint density at radius 3 is 2.21 bits per heavy atom. The van der Waals surface area contributed by atoms with Crippen molar-refractivity contribution in [1.29, 1.82) is 0 Å². The number of hydrogen-bond acceptors (Lipinski definition) is 3. The second-order valence-corrected chi connectivity index (χ2v) is 6.20. The summed E-state index contributed by atoms with van der Waals surface area (Å²) in [5.41, 5.74) is 5.74. The van der Waals surface area contributed by atoms with Crippen LogP contribution >= 0.6 is 0 Å². The lowest BCUT2D eigenvalue weighted by Crippen LogP contribution is -2.50. The SMILES string of the molecule is CC(C)CC(CN)NC(=O)C(C)N1CCCCCC1. The Morgan fingerprint density at radius 2 is 1.74 bits per heavy atom. The molecule has 1 fully saturated rings. The van der Waals surface area contributed by atoms with Crippen LogP contribution in [0.15, 0.2) is 0 Å². The lowest BCUT2D eigenvalue weighted by molar-refractivity contribution is -0.126. The van der Waals surface area contributed by atoms with E-state index in [-0.39, 0.29) is 18.0 Å². The molecule has 0 aromatic carbocycles. The van der Waals surface area contributed by atoms with Gasteiger partial charge in [0.15, 0.2) is 0 Å². The second-order valence-electron chi connectivity index (χ2n) is 6.20. The molecule has 2 unspecified atom stereocenters. The van der Waals surface area contributed by atoms with Crippen LogP contribution in [-0.4, -0.2) is 42.5 Å². The van der Waals surface area contributed by atoms with Gasteiger partial charge >= 0.3 is 0 Å². The van der Waals surface area contributed by atoms with Gasteiger partial charge in [-0.05, 0) is 45.2 Å². The highest BCUT2D eigenvalue weighted by Crippen LogP contribution is 2.13. The van der Waals surface area contributed by atoms with Crippen molar-refractivity contribution in [2.75, 3.05) is 19.6 Å². The lowest BCUT2D eigenvalue weighted by Gasteiger charge is -2.28. The van der Waals surface area contributed by atoms with E-state index in [0.29, 0.717) is 12.5 Å². The third-order valence-corrected chi connectivity index (χ3v) is 3.95. The second kappa shape index (κ2) is 8.54. The maximum absolute atomic E-state index is 12.3. The van der Waals surface area contributed by atoms with E-state index in [2.05, 4.69) is 24.1 Å².